The molecule has 2 aromatic carbocycles. The molecule has 2 unspecified atom stereocenters. The monoisotopic (exact) mass is 223 g/mol. The number of hydrogen-bond acceptors (Lipinski definition) is 1. The first-order valence-corrected chi connectivity index (χ1v) is 5.91. The van der Waals surface area contributed by atoms with E-state index in [1.54, 1.807) is 0 Å². The molecule has 0 aliphatic heterocycles. The van der Waals surface area contributed by atoms with Gasteiger partial charge in [0.2, 0.25) is 0 Å². The molecule has 1 heteroatoms. The van der Waals surface area contributed by atoms with Crippen LogP contribution < -0.4 is 5.32 Å². The van der Waals surface area contributed by atoms with E-state index in [0.717, 1.165) is 0 Å². The molecule has 0 radical (unpaired) electrons. The second-order valence-corrected chi connectivity index (χ2v) is 4.38. The van der Waals surface area contributed by atoms with Crippen molar-refractivity contribution in [3.05, 3.63) is 48.0 Å². The topological polar surface area (TPSA) is 12.0 Å². The van der Waals surface area contributed by atoms with Crippen molar-refractivity contribution in [2.45, 2.75) is 25.9 Å². The van der Waals surface area contributed by atoms with Gasteiger partial charge in [-0.3, -0.25) is 5.32 Å². The quantitative estimate of drug-likeness (QED) is 0.785. The molecule has 0 amide bonds. The van der Waals surface area contributed by atoms with E-state index in [2.05, 4.69) is 60.6 Å². The predicted molar refractivity (Wildman–Crippen MR) is 73.8 cm³/mol. The van der Waals surface area contributed by atoms with Crippen molar-refractivity contribution < 1.29 is 0 Å². The summed E-state index contributed by atoms with van der Waals surface area (Å²) in [6.07, 6.45) is 5.38. The Hall–Kier alpha value is -1.78. The number of nitrogens with one attached hydrogen (secondary N) is 1. The van der Waals surface area contributed by atoms with Crippen molar-refractivity contribution in [3.63, 3.8) is 0 Å². The number of rotatable bonds is 3. The predicted octanol–water partition coefficient (Wildman–Crippen LogP) is 3.51. The minimum Gasteiger partial charge on any atom is -0.297 e. The summed E-state index contributed by atoms with van der Waals surface area (Å²) in [5.41, 5.74) is 1.27. The van der Waals surface area contributed by atoms with Crippen molar-refractivity contribution in [3.8, 4) is 12.3 Å². The number of benzene rings is 2. The fourth-order valence-electron chi connectivity index (χ4n) is 2.00. The second-order valence-electron chi connectivity index (χ2n) is 4.38. The Kier molecular flexibility index (Phi) is 3.46. The Bertz CT molecular complexity index is 551. The van der Waals surface area contributed by atoms with Gasteiger partial charge in [0.05, 0.1) is 6.04 Å². The largest absolute Gasteiger partial charge is 0.297 e. The van der Waals surface area contributed by atoms with Crippen LogP contribution >= 0.6 is 0 Å². The summed E-state index contributed by atoms with van der Waals surface area (Å²) in [4.78, 5) is 0. The first-order valence-electron chi connectivity index (χ1n) is 5.91. The smallest absolute Gasteiger partial charge is 0.0662 e. The molecule has 2 atom stereocenters. The zero-order valence-electron chi connectivity index (χ0n) is 10.3. The van der Waals surface area contributed by atoms with E-state index < -0.39 is 0 Å². The maximum atomic E-state index is 5.38. The van der Waals surface area contributed by atoms with Gasteiger partial charge in [-0.2, -0.15) is 0 Å². The van der Waals surface area contributed by atoms with Crippen LogP contribution in [0.25, 0.3) is 10.8 Å². The van der Waals surface area contributed by atoms with Crippen molar-refractivity contribution in [1.82, 2.24) is 5.32 Å². The molecular weight excluding hydrogens is 206 g/mol. The Balaban J connectivity index is 2.27. The van der Waals surface area contributed by atoms with Crippen LogP contribution in [-0.2, 0) is 0 Å². The highest BCUT2D eigenvalue weighted by molar-refractivity contribution is 5.83. The molecule has 0 saturated carbocycles. The van der Waals surface area contributed by atoms with Gasteiger partial charge in [-0.25, -0.2) is 0 Å². The lowest BCUT2D eigenvalue weighted by Gasteiger charge is -2.17. The standard InChI is InChI=1S/C16H17N/c1-4-12(2)17-13(3)15-10-9-14-7-5-6-8-16(14)11-15/h1,5-13,17H,2-3H3. The molecule has 2 aromatic rings. The molecule has 0 aliphatic rings. The zero-order valence-corrected chi connectivity index (χ0v) is 10.3. The lowest BCUT2D eigenvalue weighted by molar-refractivity contribution is 0.547. The molecule has 0 aliphatic carbocycles. The van der Waals surface area contributed by atoms with E-state index in [4.69, 9.17) is 6.42 Å². The van der Waals surface area contributed by atoms with Crippen LogP contribution in [0.3, 0.4) is 0 Å². The lowest BCUT2D eigenvalue weighted by atomic mass is 10.0. The number of terminal acetylenes is 1. The summed E-state index contributed by atoms with van der Waals surface area (Å²) in [5, 5.41) is 5.92. The van der Waals surface area contributed by atoms with Crippen molar-refractivity contribution in [2.24, 2.45) is 0 Å². The minimum absolute atomic E-state index is 0.0940. The highest BCUT2D eigenvalue weighted by Gasteiger charge is 2.07. The summed E-state index contributed by atoms with van der Waals surface area (Å²) in [7, 11) is 0. The number of hydrogen-bond donors (Lipinski definition) is 1. The average molecular weight is 223 g/mol. The van der Waals surface area contributed by atoms with Crippen LogP contribution in [0.1, 0.15) is 25.5 Å². The molecule has 17 heavy (non-hydrogen) atoms. The maximum absolute atomic E-state index is 5.38. The molecule has 2 rings (SSSR count). The Morgan fingerprint density at radius 2 is 1.76 bits per heavy atom. The molecule has 86 valence electrons. The van der Waals surface area contributed by atoms with Gasteiger partial charge in [-0.05, 0) is 36.2 Å². The van der Waals surface area contributed by atoms with E-state index in [1.807, 2.05) is 6.92 Å². The first kappa shape index (κ1) is 11.7. The highest BCUT2D eigenvalue weighted by atomic mass is 14.9. The summed E-state index contributed by atoms with van der Waals surface area (Å²) in [6, 6.07) is 15.3. The summed E-state index contributed by atoms with van der Waals surface area (Å²) in [5.74, 6) is 2.69. The Morgan fingerprint density at radius 1 is 1.06 bits per heavy atom. The van der Waals surface area contributed by atoms with Crippen molar-refractivity contribution in [2.75, 3.05) is 0 Å². The van der Waals surface area contributed by atoms with Crippen LogP contribution in [0.5, 0.6) is 0 Å². The van der Waals surface area contributed by atoms with Gasteiger partial charge < -0.3 is 0 Å². The SMILES string of the molecule is C#CC(C)NC(C)c1ccc2ccccc2c1. The third kappa shape index (κ3) is 2.67. The molecule has 1 nitrogen and oxygen atoms in total. The maximum Gasteiger partial charge on any atom is 0.0662 e. The van der Waals surface area contributed by atoms with Crippen LogP contribution in [0.4, 0.5) is 0 Å². The van der Waals surface area contributed by atoms with Crippen LogP contribution in [-0.4, -0.2) is 6.04 Å². The fourth-order valence-corrected chi connectivity index (χ4v) is 2.00. The molecule has 0 bridgehead atoms. The minimum atomic E-state index is 0.0940. The van der Waals surface area contributed by atoms with Crippen LogP contribution in [0, 0.1) is 12.3 Å². The van der Waals surface area contributed by atoms with E-state index in [0.29, 0.717) is 0 Å². The first-order chi connectivity index (χ1) is 8.20. The van der Waals surface area contributed by atoms with Gasteiger partial charge in [0.1, 0.15) is 0 Å². The van der Waals surface area contributed by atoms with Gasteiger partial charge in [-0.1, -0.05) is 42.3 Å². The lowest BCUT2D eigenvalue weighted by Crippen LogP contribution is -2.27. The second kappa shape index (κ2) is 5.03. The van der Waals surface area contributed by atoms with E-state index >= 15 is 0 Å². The molecular formula is C16H17N. The molecule has 0 spiro atoms. The van der Waals surface area contributed by atoms with E-state index in [-0.39, 0.29) is 12.1 Å². The highest BCUT2D eigenvalue weighted by Crippen LogP contribution is 2.20. The molecule has 1 N–H and O–H groups in total. The Labute approximate surface area is 103 Å². The normalized spacial score (nSPS) is 14.2. The third-order valence-electron chi connectivity index (χ3n) is 3.02. The van der Waals surface area contributed by atoms with Crippen LogP contribution in [0.15, 0.2) is 42.5 Å². The molecule has 0 saturated heterocycles. The van der Waals surface area contributed by atoms with Gasteiger partial charge in [0.25, 0.3) is 0 Å². The molecule has 0 aromatic heterocycles. The summed E-state index contributed by atoms with van der Waals surface area (Å²) in [6.45, 7) is 4.13. The summed E-state index contributed by atoms with van der Waals surface area (Å²) < 4.78 is 0. The molecule has 0 heterocycles. The number of fused-ring (bicyclic) bond motifs is 1. The summed E-state index contributed by atoms with van der Waals surface area (Å²) >= 11 is 0. The van der Waals surface area contributed by atoms with Gasteiger partial charge in [0, 0.05) is 6.04 Å². The van der Waals surface area contributed by atoms with Gasteiger partial charge in [-0.15, -0.1) is 6.42 Å². The fraction of sp³-hybridized carbons (Fsp3) is 0.250. The van der Waals surface area contributed by atoms with E-state index in [9.17, 15) is 0 Å². The average Bonchev–Trinajstić information content (AvgIpc) is 2.38. The molecule has 0 fully saturated rings. The van der Waals surface area contributed by atoms with Gasteiger partial charge in [0.15, 0.2) is 0 Å². The van der Waals surface area contributed by atoms with Crippen LogP contribution in [0.2, 0.25) is 0 Å². The van der Waals surface area contributed by atoms with Gasteiger partial charge >= 0.3 is 0 Å². The van der Waals surface area contributed by atoms with E-state index in [1.165, 1.54) is 16.3 Å². The Morgan fingerprint density at radius 3 is 2.47 bits per heavy atom. The van der Waals surface area contributed by atoms with Crippen molar-refractivity contribution in [1.29, 1.82) is 0 Å². The van der Waals surface area contributed by atoms with Crippen molar-refractivity contribution >= 4 is 10.8 Å². The zero-order chi connectivity index (χ0) is 12.3. The third-order valence-corrected chi connectivity index (χ3v) is 3.02.